The highest BCUT2D eigenvalue weighted by Gasteiger charge is 2.46. The van der Waals surface area contributed by atoms with E-state index in [1.165, 1.54) is 37.3 Å². The van der Waals surface area contributed by atoms with E-state index in [-0.39, 0.29) is 30.0 Å². The van der Waals surface area contributed by atoms with Crippen LogP contribution in [-0.4, -0.2) is 60.6 Å². The SMILES string of the molecule is CCOc1cc(C2/C(=C(\O)c3cccc([N+](=O)[O-])c3)C(=O)C(=O)N2CCOC)ccc1OC. The number of non-ortho nitro benzene ring substituents is 1. The lowest BCUT2D eigenvalue weighted by Gasteiger charge is -2.25. The van der Waals surface area contributed by atoms with Crippen molar-refractivity contribution in [2.45, 2.75) is 13.0 Å². The van der Waals surface area contributed by atoms with Crippen LogP contribution >= 0.6 is 0 Å². The van der Waals surface area contributed by atoms with Gasteiger partial charge in [-0.1, -0.05) is 18.2 Å². The lowest BCUT2D eigenvalue weighted by molar-refractivity contribution is -0.384. The van der Waals surface area contributed by atoms with Crippen molar-refractivity contribution >= 4 is 23.1 Å². The van der Waals surface area contributed by atoms with E-state index < -0.39 is 28.4 Å². The largest absolute Gasteiger partial charge is 0.507 e. The summed E-state index contributed by atoms with van der Waals surface area (Å²) in [5, 5.41) is 22.2. The molecule has 1 amide bonds. The topological polar surface area (TPSA) is 128 Å². The number of methoxy groups -OCH3 is 2. The molecule has 174 valence electrons. The van der Waals surface area contributed by atoms with Gasteiger partial charge in [-0.3, -0.25) is 19.7 Å². The number of likely N-dealkylation sites (tertiary alicyclic amines) is 1. The molecule has 0 aromatic heterocycles. The van der Waals surface area contributed by atoms with Crippen molar-refractivity contribution < 1.29 is 33.8 Å². The first kappa shape index (κ1) is 23.7. The maximum atomic E-state index is 13.0. The van der Waals surface area contributed by atoms with E-state index in [9.17, 15) is 24.8 Å². The first-order valence-electron chi connectivity index (χ1n) is 10.2. The predicted molar refractivity (Wildman–Crippen MR) is 118 cm³/mol. The number of nitrogens with zero attached hydrogens (tertiary/aromatic N) is 2. The molecule has 0 aliphatic carbocycles. The number of benzene rings is 2. The Bertz CT molecular complexity index is 1110. The van der Waals surface area contributed by atoms with Gasteiger partial charge in [-0.05, 0) is 24.6 Å². The minimum Gasteiger partial charge on any atom is -0.507 e. The van der Waals surface area contributed by atoms with Crippen LogP contribution in [0.2, 0.25) is 0 Å². The van der Waals surface area contributed by atoms with Crippen LogP contribution in [0.5, 0.6) is 11.5 Å². The maximum Gasteiger partial charge on any atom is 0.295 e. The molecule has 1 saturated heterocycles. The van der Waals surface area contributed by atoms with Gasteiger partial charge in [0.2, 0.25) is 0 Å². The van der Waals surface area contributed by atoms with E-state index >= 15 is 0 Å². The summed E-state index contributed by atoms with van der Waals surface area (Å²) in [4.78, 5) is 37.7. The first-order valence-corrected chi connectivity index (χ1v) is 10.2. The summed E-state index contributed by atoms with van der Waals surface area (Å²) in [6.07, 6.45) is 0. The van der Waals surface area contributed by atoms with Crippen molar-refractivity contribution in [3.63, 3.8) is 0 Å². The Morgan fingerprint density at radius 1 is 1.15 bits per heavy atom. The van der Waals surface area contributed by atoms with Crippen LogP contribution in [0.1, 0.15) is 24.1 Å². The highest BCUT2D eigenvalue weighted by atomic mass is 16.6. The molecule has 0 saturated carbocycles. The van der Waals surface area contributed by atoms with Gasteiger partial charge in [-0.15, -0.1) is 0 Å². The molecule has 2 aromatic rings. The van der Waals surface area contributed by atoms with E-state index in [1.54, 1.807) is 25.1 Å². The highest BCUT2D eigenvalue weighted by molar-refractivity contribution is 6.46. The second-order valence-corrected chi connectivity index (χ2v) is 7.14. The number of amides is 1. The first-order chi connectivity index (χ1) is 15.8. The van der Waals surface area contributed by atoms with Gasteiger partial charge in [0.05, 0.1) is 36.9 Å². The fourth-order valence-corrected chi connectivity index (χ4v) is 3.70. The van der Waals surface area contributed by atoms with Crippen LogP contribution in [0.25, 0.3) is 5.76 Å². The summed E-state index contributed by atoms with van der Waals surface area (Å²) in [6, 6.07) is 9.23. The van der Waals surface area contributed by atoms with Crippen molar-refractivity contribution in [2.24, 2.45) is 0 Å². The molecular formula is C23H24N2O8. The van der Waals surface area contributed by atoms with E-state index in [2.05, 4.69) is 0 Å². The average molecular weight is 456 g/mol. The molecule has 1 unspecified atom stereocenters. The van der Waals surface area contributed by atoms with Gasteiger partial charge < -0.3 is 24.2 Å². The molecule has 10 nitrogen and oxygen atoms in total. The zero-order chi connectivity index (χ0) is 24.1. The quantitative estimate of drug-likeness (QED) is 0.200. The third-order valence-corrected chi connectivity index (χ3v) is 5.21. The van der Waals surface area contributed by atoms with Crippen LogP contribution in [0.15, 0.2) is 48.0 Å². The Kier molecular flexibility index (Phi) is 7.29. The second kappa shape index (κ2) is 10.1. The number of aliphatic hydroxyl groups excluding tert-OH is 1. The zero-order valence-corrected chi connectivity index (χ0v) is 18.4. The van der Waals surface area contributed by atoms with Crippen LogP contribution < -0.4 is 9.47 Å². The van der Waals surface area contributed by atoms with Crippen molar-refractivity contribution in [1.29, 1.82) is 0 Å². The third-order valence-electron chi connectivity index (χ3n) is 5.21. The molecule has 10 heteroatoms. The van der Waals surface area contributed by atoms with Gasteiger partial charge in [0.25, 0.3) is 17.4 Å². The zero-order valence-electron chi connectivity index (χ0n) is 18.4. The smallest absolute Gasteiger partial charge is 0.295 e. The number of nitro groups is 1. The number of hydrogen-bond donors (Lipinski definition) is 1. The lowest BCUT2D eigenvalue weighted by atomic mass is 9.95. The fourth-order valence-electron chi connectivity index (χ4n) is 3.70. The molecule has 1 N–H and O–H groups in total. The number of carbonyl (C=O) groups is 2. The summed E-state index contributed by atoms with van der Waals surface area (Å²) < 4.78 is 16.0. The minimum atomic E-state index is -0.954. The minimum absolute atomic E-state index is 0.0532. The number of nitro benzene ring substituents is 1. The van der Waals surface area contributed by atoms with Crippen molar-refractivity contribution in [2.75, 3.05) is 34.0 Å². The molecule has 33 heavy (non-hydrogen) atoms. The Hall–Kier alpha value is -3.92. The molecule has 1 aliphatic heterocycles. The third kappa shape index (κ3) is 4.65. The fraction of sp³-hybridized carbons (Fsp3) is 0.304. The number of hydrogen-bond acceptors (Lipinski definition) is 8. The summed E-state index contributed by atoms with van der Waals surface area (Å²) in [6.45, 7) is 2.42. The van der Waals surface area contributed by atoms with Gasteiger partial charge in [0.15, 0.2) is 11.5 Å². The van der Waals surface area contributed by atoms with Crippen LogP contribution in [-0.2, 0) is 14.3 Å². The summed E-state index contributed by atoms with van der Waals surface area (Å²) in [7, 11) is 2.96. The molecule has 1 atom stereocenters. The number of ether oxygens (including phenoxy) is 3. The van der Waals surface area contributed by atoms with Crippen molar-refractivity contribution in [3.8, 4) is 11.5 Å². The van der Waals surface area contributed by atoms with E-state index in [0.29, 0.717) is 23.7 Å². The predicted octanol–water partition coefficient (Wildman–Crippen LogP) is 3.07. The normalized spacial score (nSPS) is 17.3. The molecule has 0 radical (unpaired) electrons. The molecule has 3 rings (SSSR count). The Morgan fingerprint density at radius 3 is 2.55 bits per heavy atom. The van der Waals surface area contributed by atoms with Crippen molar-refractivity contribution in [1.82, 2.24) is 4.90 Å². The van der Waals surface area contributed by atoms with Crippen molar-refractivity contribution in [3.05, 3.63) is 69.3 Å². The van der Waals surface area contributed by atoms with Gasteiger partial charge in [0, 0.05) is 31.4 Å². The summed E-state index contributed by atoms with van der Waals surface area (Å²) >= 11 is 0. The van der Waals surface area contributed by atoms with Crippen LogP contribution in [0.4, 0.5) is 5.69 Å². The Balaban J connectivity index is 2.21. The number of rotatable bonds is 9. The summed E-state index contributed by atoms with van der Waals surface area (Å²) in [5.74, 6) is -1.33. The van der Waals surface area contributed by atoms with Gasteiger partial charge in [0.1, 0.15) is 5.76 Å². The molecule has 1 heterocycles. The molecule has 0 bridgehead atoms. The number of Topliss-reactive ketones (excluding diaryl/α,β-unsaturated/α-hetero) is 1. The number of carbonyl (C=O) groups excluding carboxylic acids is 2. The van der Waals surface area contributed by atoms with E-state index in [4.69, 9.17) is 14.2 Å². The van der Waals surface area contributed by atoms with Gasteiger partial charge in [-0.25, -0.2) is 0 Å². The Labute approximate surface area is 190 Å². The van der Waals surface area contributed by atoms with E-state index in [1.807, 2.05) is 0 Å². The molecule has 1 fully saturated rings. The van der Waals surface area contributed by atoms with Gasteiger partial charge in [-0.2, -0.15) is 0 Å². The summed E-state index contributed by atoms with van der Waals surface area (Å²) in [5.41, 5.74) is 0.121. The highest BCUT2D eigenvalue weighted by Crippen LogP contribution is 2.42. The molecular weight excluding hydrogens is 432 g/mol. The lowest BCUT2D eigenvalue weighted by Crippen LogP contribution is -2.32. The van der Waals surface area contributed by atoms with Crippen LogP contribution in [0.3, 0.4) is 0 Å². The monoisotopic (exact) mass is 456 g/mol. The maximum absolute atomic E-state index is 13.0. The number of aliphatic hydroxyl groups is 1. The number of ketones is 1. The van der Waals surface area contributed by atoms with E-state index in [0.717, 1.165) is 6.07 Å². The molecule has 2 aromatic carbocycles. The second-order valence-electron chi connectivity index (χ2n) is 7.14. The Morgan fingerprint density at radius 2 is 1.91 bits per heavy atom. The van der Waals surface area contributed by atoms with Gasteiger partial charge >= 0.3 is 0 Å². The molecule has 0 spiro atoms. The van der Waals surface area contributed by atoms with Crippen LogP contribution in [0, 0.1) is 10.1 Å². The molecule has 1 aliphatic rings. The standard InChI is InChI=1S/C23H24N2O8/c1-4-33-18-13-14(8-9-17(18)32-3)20-19(22(27)23(28)24(20)10-11-31-2)21(26)15-6-5-7-16(12-15)25(29)30/h5-9,12-13,20,26H,4,10-11H2,1-3H3/b21-19+. The average Bonchev–Trinajstić information content (AvgIpc) is 3.07.